The van der Waals surface area contributed by atoms with E-state index in [9.17, 15) is 9.90 Å². The molecular weight excluding hydrogens is 434 g/mol. The molecule has 0 saturated heterocycles. The fraction of sp³-hybridized carbons (Fsp3) is 0.419. The molecule has 0 fully saturated rings. The predicted octanol–water partition coefficient (Wildman–Crippen LogP) is 6.52. The maximum Gasteiger partial charge on any atom is 0.376 e. The van der Waals surface area contributed by atoms with E-state index in [2.05, 4.69) is 84.9 Å². The van der Waals surface area contributed by atoms with Crippen molar-refractivity contribution in [2.75, 3.05) is 6.61 Å². The van der Waals surface area contributed by atoms with Gasteiger partial charge in [-0.25, -0.2) is 4.79 Å². The number of phenols is 1. The normalized spacial score (nSPS) is 13.8. The SMILES string of the molecule is CCOC(=O)C(C(c1ccc(C)cc1)c1cc(C(C)(C)C)c(O)c(C(C)(C)C)c1)[n+]1ccccc1. The van der Waals surface area contributed by atoms with Gasteiger partial charge >= 0.3 is 5.97 Å². The molecule has 0 spiro atoms. The Kier molecular flexibility index (Phi) is 7.74. The minimum absolute atomic E-state index is 0.281. The molecule has 2 atom stereocenters. The third kappa shape index (κ3) is 5.93. The Morgan fingerprint density at radius 1 is 0.886 bits per heavy atom. The molecule has 1 aromatic heterocycles. The van der Waals surface area contributed by atoms with Crippen molar-refractivity contribution >= 4 is 5.97 Å². The first-order valence-electron chi connectivity index (χ1n) is 12.4. The summed E-state index contributed by atoms with van der Waals surface area (Å²) in [6.07, 6.45) is 3.83. The number of benzene rings is 2. The number of carbonyl (C=O) groups is 1. The van der Waals surface area contributed by atoms with E-state index >= 15 is 0 Å². The molecule has 0 aliphatic carbocycles. The Balaban J connectivity index is 2.39. The van der Waals surface area contributed by atoms with E-state index in [1.54, 1.807) is 0 Å². The molecule has 0 aliphatic rings. The van der Waals surface area contributed by atoms with E-state index in [0.717, 1.165) is 27.8 Å². The van der Waals surface area contributed by atoms with E-state index in [4.69, 9.17) is 4.74 Å². The van der Waals surface area contributed by atoms with Gasteiger partial charge in [-0.05, 0) is 46.9 Å². The van der Waals surface area contributed by atoms with E-state index in [1.807, 2.05) is 42.1 Å². The lowest BCUT2D eigenvalue weighted by atomic mass is 9.75. The van der Waals surface area contributed by atoms with E-state index in [-0.39, 0.29) is 22.7 Å². The topological polar surface area (TPSA) is 50.4 Å². The lowest BCUT2D eigenvalue weighted by Crippen LogP contribution is -2.47. The first kappa shape index (κ1) is 26.5. The predicted molar refractivity (Wildman–Crippen MR) is 141 cm³/mol. The van der Waals surface area contributed by atoms with Crippen LogP contribution in [0.25, 0.3) is 0 Å². The zero-order valence-electron chi connectivity index (χ0n) is 22.4. The van der Waals surface area contributed by atoms with Crippen LogP contribution in [0.4, 0.5) is 0 Å². The number of aromatic hydroxyl groups is 1. The van der Waals surface area contributed by atoms with Gasteiger partial charge in [-0.1, -0.05) is 89.6 Å². The second-order valence-electron chi connectivity index (χ2n) is 11.4. The molecule has 4 heteroatoms. The van der Waals surface area contributed by atoms with E-state index in [0.29, 0.717) is 12.4 Å². The zero-order chi connectivity index (χ0) is 26.0. The molecule has 0 saturated carbocycles. The van der Waals surface area contributed by atoms with Crippen LogP contribution in [0.1, 0.15) is 88.2 Å². The number of aromatic nitrogens is 1. The highest BCUT2D eigenvalue weighted by molar-refractivity contribution is 5.75. The van der Waals surface area contributed by atoms with Gasteiger partial charge in [-0.3, -0.25) is 0 Å². The fourth-order valence-electron chi connectivity index (χ4n) is 4.57. The quantitative estimate of drug-likeness (QED) is 0.327. The molecule has 3 aromatic rings. The average molecular weight is 475 g/mol. The minimum Gasteiger partial charge on any atom is -0.507 e. The first-order valence-corrected chi connectivity index (χ1v) is 12.4. The highest BCUT2D eigenvalue weighted by Crippen LogP contribution is 2.44. The van der Waals surface area contributed by atoms with Crippen LogP contribution in [0.5, 0.6) is 5.75 Å². The number of pyridine rings is 1. The number of aryl methyl sites for hydroxylation is 1. The molecule has 0 aliphatic heterocycles. The van der Waals surface area contributed by atoms with Gasteiger partial charge in [-0.15, -0.1) is 0 Å². The van der Waals surface area contributed by atoms with Gasteiger partial charge < -0.3 is 9.84 Å². The fourth-order valence-corrected chi connectivity index (χ4v) is 4.57. The van der Waals surface area contributed by atoms with Gasteiger partial charge in [0.1, 0.15) is 5.75 Å². The molecule has 0 amide bonds. The maximum atomic E-state index is 13.5. The van der Waals surface area contributed by atoms with E-state index in [1.165, 1.54) is 0 Å². The molecule has 186 valence electrons. The summed E-state index contributed by atoms with van der Waals surface area (Å²) in [4.78, 5) is 13.5. The average Bonchev–Trinajstić information content (AvgIpc) is 2.77. The van der Waals surface area contributed by atoms with Crippen LogP contribution in [0.15, 0.2) is 67.0 Å². The number of rotatable bonds is 6. The van der Waals surface area contributed by atoms with Gasteiger partial charge in [0.05, 0.1) is 12.5 Å². The molecule has 1 N–H and O–H groups in total. The van der Waals surface area contributed by atoms with Crippen LogP contribution >= 0.6 is 0 Å². The molecule has 35 heavy (non-hydrogen) atoms. The molecule has 3 rings (SSSR count). The van der Waals surface area contributed by atoms with Crippen LogP contribution in [0.2, 0.25) is 0 Å². The Bertz CT molecular complexity index is 1120. The summed E-state index contributed by atoms with van der Waals surface area (Å²) >= 11 is 0. The van der Waals surface area contributed by atoms with Crippen LogP contribution in [0.3, 0.4) is 0 Å². The number of carbonyl (C=O) groups excluding carboxylic acids is 1. The molecule has 0 radical (unpaired) electrons. The van der Waals surface area contributed by atoms with Crippen molar-refractivity contribution in [2.24, 2.45) is 0 Å². The monoisotopic (exact) mass is 474 g/mol. The summed E-state index contributed by atoms with van der Waals surface area (Å²) in [7, 11) is 0. The van der Waals surface area contributed by atoms with Crippen molar-refractivity contribution in [1.82, 2.24) is 0 Å². The number of hydrogen-bond donors (Lipinski definition) is 1. The van der Waals surface area contributed by atoms with Gasteiger partial charge in [0.15, 0.2) is 12.4 Å². The summed E-state index contributed by atoms with van der Waals surface area (Å²) in [5, 5.41) is 11.3. The summed E-state index contributed by atoms with van der Waals surface area (Å²) < 4.78 is 7.55. The number of phenolic OH excluding ortho intramolecular Hbond substituents is 1. The van der Waals surface area contributed by atoms with Crippen LogP contribution in [0, 0.1) is 6.92 Å². The standard InChI is InChI=1S/C31H39NO3/c1-9-35-29(34)27(32-17-11-10-12-18-32)26(22-15-13-21(2)14-16-22)23-19-24(30(3,4)5)28(33)25(20-23)31(6,7)8/h10-20,26-27H,9H2,1-8H3/p+1. The highest BCUT2D eigenvalue weighted by atomic mass is 16.5. The maximum absolute atomic E-state index is 13.5. The van der Waals surface area contributed by atoms with Gasteiger partial charge in [-0.2, -0.15) is 4.57 Å². The van der Waals surface area contributed by atoms with Crippen molar-refractivity contribution in [3.05, 3.63) is 94.8 Å². The van der Waals surface area contributed by atoms with Crippen molar-refractivity contribution in [1.29, 1.82) is 0 Å². The Labute approximate surface area is 210 Å². The third-order valence-electron chi connectivity index (χ3n) is 6.45. The zero-order valence-corrected chi connectivity index (χ0v) is 22.4. The van der Waals surface area contributed by atoms with Crippen LogP contribution in [-0.4, -0.2) is 17.7 Å². The molecule has 2 aromatic carbocycles. The van der Waals surface area contributed by atoms with E-state index < -0.39 is 6.04 Å². The Morgan fingerprint density at radius 3 is 1.86 bits per heavy atom. The molecule has 2 unspecified atom stereocenters. The Morgan fingerprint density at radius 2 is 1.40 bits per heavy atom. The largest absolute Gasteiger partial charge is 0.507 e. The summed E-state index contributed by atoms with van der Waals surface area (Å²) in [5.41, 5.74) is 4.35. The lowest BCUT2D eigenvalue weighted by molar-refractivity contribution is -0.712. The van der Waals surface area contributed by atoms with Gasteiger partial charge in [0, 0.05) is 12.1 Å². The number of esters is 1. The molecule has 0 bridgehead atoms. The van der Waals surface area contributed by atoms with Gasteiger partial charge in [0.25, 0.3) is 6.04 Å². The summed E-state index contributed by atoms with van der Waals surface area (Å²) in [6.45, 7) is 16.8. The molecule has 1 heterocycles. The molecular formula is C31H40NO3+. The molecule has 4 nitrogen and oxygen atoms in total. The van der Waals surface area contributed by atoms with Crippen molar-refractivity contribution in [3.8, 4) is 5.75 Å². The van der Waals surface area contributed by atoms with Crippen LogP contribution < -0.4 is 4.57 Å². The summed E-state index contributed by atoms with van der Waals surface area (Å²) in [5.74, 6) is -0.265. The third-order valence-corrected chi connectivity index (χ3v) is 6.45. The smallest absolute Gasteiger partial charge is 0.376 e. The number of ether oxygens (including phenoxy) is 1. The lowest BCUT2D eigenvalue weighted by Gasteiger charge is -2.31. The Hall–Kier alpha value is -3.14. The van der Waals surface area contributed by atoms with Crippen LogP contribution in [-0.2, 0) is 20.4 Å². The van der Waals surface area contributed by atoms with Crippen molar-refractivity contribution < 1.29 is 19.2 Å². The number of nitrogens with zero attached hydrogens (tertiary/aromatic N) is 1. The van der Waals surface area contributed by atoms with Crippen molar-refractivity contribution in [2.45, 2.75) is 78.2 Å². The highest BCUT2D eigenvalue weighted by Gasteiger charge is 2.41. The summed E-state index contributed by atoms with van der Waals surface area (Å²) in [6, 6.07) is 17.7. The number of hydrogen-bond acceptors (Lipinski definition) is 3. The van der Waals surface area contributed by atoms with Gasteiger partial charge in [0.2, 0.25) is 0 Å². The van der Waals surface area contributed by atoms with Crippen molar-refractivity contribution in [3.63, 3.8) is 0 Å². The second-order valence-corrected chi connectivity index (χ2v) is 11.4. The first-order chi connectivity index (χ1) is 16.3. The minimum atomic E-state index is -0.607. The second kappa shape index (κ2) is 10.2.